The van der Waals surface area contributed by atoms with E-state index in [1.54, 1.807) is 6.07 Å². The zero-order valence-corrected chi connectivity index (χ0v) is 11.6. The molecule has 108 valence electrons. The molecule has 1 aromatic rings. The first-order valence-corrected chi connectivity index (χ1v) is 7.18. The molecule has 7 heteroatoms. The van der Waals surface area contributed by atoms with Crippen LogP contribution in [0.2, 0.25) is 0 Å². The third kappa shape index (κ3) is 3.22. The Morgan fingerprint density at radius 3 is 2.95 bits per heavy atom. The van der Waals surface area contributed by atoms with E-state index in [1.807, 2.05) is 0 Å². The number of carbonyl (C=O) groups excluding carboxylic acids is 1. The Bertz CT molecular complexity index is 525. The smallest absolute Gasteiger partial charge is 0.327 e. The average Bonchev–Trinajstić information content (AvgIpc) is 2.87. The highest BCUT2D eigenvalue weighted by atomic mass is 32.2. The maximum atomic E-state index is 13.0. The molecule has 1 N–H and O–H groups in total. The molecular weight excluding hydrogens is 285 g/mol. The fourth-order valence-corrected chi connectivity index (χ4v) is 3.05. The van der Waals surface area contributed by atoms with E-state index in [1.165, 1.54) is 41.8 Å². The number of thioether (sulfide) groups is 1. The lowest BCUT2D eigenvalue weighted by atomic mass is 10.2. The molecule has 20 heavy (non-hydrogen) atoms. The van der Waals surface area contributed by atoms with Gasteiger partial charge in [-0.3, -0.25) is 4.79 Å². The van der Waals surface area contributed by atoms with E-state index in [9.17, 15) is 14.0 Å². The predicted octanol–water partition coefficient (Wildman–Crippen LogP) is 1.58. The van der Waals surface area contributed by atoms with E-state index in [-0.39, 0.29) is 5.75 Å². The molecule has 1 heterocycles. The predicted molar refractivity (Wildman–Crippen MR) is 72.1 cm³/mol. The van der Waals surface area contributed by atoms with Crippen LogP contribution >= 0.6 is 11.8 Å². The highest BCUT2D eigenvalue weighted by Crippen LogP contribution is 2.23. The first-order valence-electron chi connectivity index (χ1n) is 6.02. The van der Waals surface area contributed by atoms with Crippen molar-refractivity contribution in [2.24, 2.45) is 0 Å². The Morgan fingerprint density at radius 1 is 1.55 bits per heavy atom. The summed E-state index contributed by atoms with van der Waals surface area (Å²) in [7, 11) is 0. The van der Waals surface area contributed by atoms with Gasteiger partial charge in [0.2, 0.25) is 0 Å². The highest BCUT2D eigenvalue weighted by molar-refractivity contribution is 7.99. The quantitative estimate of drug-likeness (QED) is 0.914. The molecule has 0 saturated carbocycles. The molecule has 1 amide bonds. The van der Waals surface area contributed by atoms with E-state index in [0.717, 1.165) is 0 Å². The molecule has 1 saturated heterocycles. The topological polar surface area (TPSA) is 66.8 Å². The lowest BCUT2D eigenvalue weighted by Crippen LogP contribution is -2.47. The van der Waals surface area contributed by atoms with Crippen molar-refractivity contribution in [1.82, 2.24) is 4.90 Å². The molecule has 0 bridgehead atoms. The Balaban J connectivity index is 2.03. The Labute approximate surface area is 119 Å². The van der Waals surface area contributed by atoms with E-state index >= 15 is 0 Å². The van der Waals surface area contributed by atoms with Gasteiger partial charge in [-0.25, -0.2) is 9.18 Å². The summed E-state index contributed by atoms with van der Waals surface area (Å²) in [6.45, 7) is 1.52. The van der Waals surface area contributed by atoms with Crippen LogP contribution in [-0.2, 0) is 9.59 Å². The van der Waals surface area contributed by atoms with Gasteiger partial charge in [0.15, 0.2) is 6.10 Å². The monoisotopic (exact) mass is 299 g/mol. The average molecular weight is 299 g/mol. The van der Waals surface area contributed by atoms with Gasteiger partial charge >= 0.3 is 5.97 Å². The van der Waals surface area contributed by atoms with Crippen LogP contribution in [0.5, 0.6) is 5.75 Å². The molecular formula is C13H14FNO4S. The summed E-state index contributed by atoms with van der Waals surface area (Å²) < 4.78 is 18.4. The van der Waals surface area contributed by atoms with Crippen molar-refractivity contribution in [3.8, 4) is 5.75 Å². The fraction of sp³-hybridized carbons (Fsp3) is 0.385. The molecule has 1 aliphatic heterocycles. The summed E-state index contributed by atoms with van der Waals surface area (Å²) in [4.78, 5) is 24.5. The van der Waals surface area contributed by atoms with Gasteiger partial charge in [0.25, 0.3) is 5.91 Å². The number of hydrogen-bond acceptors (Lipinski definition) is 4. The van der Waals surface area contributed by atoms with Crippen LogP contribution < -0.4 is 4.74 Å². The molecule has 5 nitrogen and oxygen atoms in total. The van der Waals surface area contributed by atoms with Crippen LogP contribution in [0, 0.1) is 5.82 Å². The lowest BCUT2D eigenvalue weighted by Gasteiger charge is -2.24. The standard InChI is InChI=1S/C13H14FNO4S/c1-8(19-10-4-2-3-9(14)5-10)12(16)15-7-20-6-11(15)13(17)18/h2-5,8,11H,6-7H2,1H3,(H,17,18)/t8?,11-/m0/s1. The number of halogens is 1. The van der Waals surface area contributed by atoms with Gasteiger partial charge in [0.05, 0.1) is 5.88 Å². The molecule has 1 fully saturated rings. The molecule has 0 spiro atoms. The van der Waals surface area contributed by atoms with Gasteiger partial charge in [0.1, 0.15) is 17.6 Å². The van der Waals surface area contributed by atoms with Gasteiger partial charge in [-0.2, -0.15) is 0 Å². The second-order valence-electron chi connectivity index (χ2n) is 4.38. The Hall–Kier alpha value is -1.76. The van der Waals surface area contributed by atoms with Crippen LogP contribution in [0.25, 0.3) is 0 Å². The summed E-state index contributed by atoms with van der Waals surface area (Å²) in [5, 5.41) is 9.04. The SMILES string of the molecule is CC(Oc1cccc(F)c1)C(=O)N1CSC[C@H]1C(=O)O. The first kappa shape index (κ1) is 14.6. The number of nitrogens with zero attached hydrogens (tertiary/aromatic N) is 1. The summed E-state index contributed by atoms with van der Waals surface area (Å²) in [6, 6.07) is 4.65. The summed E-state index contributed by atoms with van der Waals surface area (Å²) in [5.74, 6) is -0.958. The van der Waals surface area contributed by atoms with Crippen LogP contribution in [-0.4, -0.2) is 45.7 Å². The van der Waals surface area contributed by atoms with Crippen molar-refractivity contribution >= 4 is 23.6 Å². The third-order valence-electron chi connectivity index (χ3n) is 2.91. The minimum absolute atomic E-state index is 0.240. The van der Waals surface area contributed by atoms with Crippen molar-refractivity contribution in [3.63, 3.8) is 0 Å². The van der Waals surface area contributed by atoms with E-state index in [2.05, 4.69) is 0 Å². The summed E-state index contributed by atoms with van der Waals surface area (Å²) >= 11 is 1.38. The molecule has 1 unspecified atom stereocenters. The number of carbonyl (C=O) groups is 2. The largest absolute Gasteiger partial charge is 0.481 e. The van der Waals surface area contributed by atoms with Gasteiger partial charge in [-0.1, -0.05) is 6.07 Å². The number of rotatable bonds is 4. The maximum Gasteiger partial charge on any atom is 0.327 e. The van der Waals surface area contributed by atoms with Crippen LogP contribution in [0.3, 0.4) is 0 Å². The Morgan fingerprint density at radius 2 is 2.30 bits per heavy atom. The maximum absolute atomic E-state index is 13.0. The van der Waals surface area contributed by atoms with Crippen molar-refractivity contribution < 1.29 is 23.8 Å². The number of aliphatic carboxylic acids is 1. The molecule has 0 radical (unpaired) electrons. The second-order valence-corrected chi connectivity index (χ2v) is 5.38. The van der Waals surface area contributed by atoms with Crippen LogP contribution in [0.15, 0.2) is 24.3 Å². The van der Waals surface area contributed by atoms with Crippen molar-refractivity contribution in [3.05, 3.63) is 30.1 Å². The molecule has 1 aromatic carbocycles. The van der Waals surface area contributed by atoms with E-state index < -0.39 is 29.8 Å². The number of ether oxygens (including phenoxy) is 1. The Kier molecular flexibility index (Phi) is 4.49. The van der Waals surface area contributed by atoms with Crippen molar-refractivity contribution in [2.75, 3.05) is 11.6 Å². The third-order valence-corrected chi connectivity index (χ3v) is 3.92. The van der Waals surface area contributed by atoms with Crippen LogP contribution in [0.4, 0.5) is 4.39 Å². The number of benzene rings is 1. The summed E-state index contributed by atoms with van der Waals surface area (Å²) in [5.41, 5.74) is 0. The number of carboxylic acid groups (broad SMARTS) is 1. The van der Waals surface area contributed by atoms with Gasteiger partial charge in [-0.15, -0.1) is 11.8 Å². The van der Waals surface area contributed by atoms with Gasteiger partial charge in [0, 0.05) is 11.8 Å². The molecule has 0 aliphatic carbocycles. The highest BCUT2D eigenvalue weighted by Gasteiger charge is 2.37. The molecule has 2 rings (SSSR count). The number of amides is 1. The minimum atomic E-state index is -1.03. The van der Waals surface area contributed by atoms with Crippen LogP contribution in [0.1, 0.15) is 6.92 Å². The second kappa shape index (κ2) is 6.13. The zero-order chi connectivity index (χ0) is 14.7. The lowest BCUT2D eigenvalue weighted by molar-refractivity contribution is -0.150. The van der Waals surface area contributed by atoms with Crippen molar-refractivity contribution in [1.29, 1.82) is 0 Å². The minimum Gasteiger partial charge on any atom is -0.481 e. The van der Waals surface area contributed by atoms with E-state index in [4.69, 9.17) is 9.84 Å². The number of carboxylic acids is 1. The zero-order valence-electron chi connectivity index (χ0n) is 10.8. The summed E-state index contributed by atoms with van der Waals surface area (Å²) in [6.07, 6.45) is -0.864. The van der Waals surface area contributed by atoms with Gasteiger partial charge < -0.3 is 14.7 Å². The molecule has 1 aliphatic rings. The number of hydrogen-bond donors (Lipinski definition) is 1. The normalized spacial score (nSPS) is 19.7. The molecule has 2 atom stereocenters. The van der Waals surface area contributed by atoms with Gasteiger partial charge in [-0.05, 0) is 19.1 Å². The fourth-order valence-electron chi connectivity index (χ4n) is 1.89. The van der Waals surface area contributed by atoms with E-state index in [0.29, 0.717) is 11.6 Å². The van der Waals surface area contributed by atoms with Crippen molar-refractivity contribution in [2.45, 2.75) is 19.1 Å². The molecule has 0 aromatic heterocycles. The first-order chi connectivity index (χ1) is 9.49.